The molecule has 0 amide bonds. The summed E-state index contributed by atoms with van der Waals surface area (Å²) in [6, 6.07) is 7.66. The highest BCUT2D eigenvalue weighted by molar-refractivity contribution is 6.31. The zero-order chi connectivity index (χ0) is 28.3. The van der Waals surface area contributed by atoms with Crippen molar-refractivity contribution in [2.24, 2.45) is 0 Å². The molecule has 4 heterocycles. The van der Waals surface area contributed by atoms with Crippen molar-refractivity contribution in [1.82, 2.24) is 14.9 Å². The van der Waals surface area contributed by atoms with Crippen LogP contribution in [0.25, 0.3) is 10.9 Å². The standard InChI is InChI=1S/C29H29ClF2N4O5/c30-21-11-18(1-2-22(21)31)35-29-20-9-17(26(12-24(20)33-16-34-29)41-19-4-6-38-15-19)10-25(37)23(32)3-5-36-13-27-28(14-36)40-8-7-39-27/h1-3,9,11-12,16,19,27-28H,4-8,10,13-15H2,(H,33,34,35)/b23-3+/t19-,27-,28+/m0/s1. The van der Waals surface area contributed by atoms with Crippen molar-refractivity contribution in [3.63, 3.8) is 0 Å². The first-order valence-electron chi connectivity index (χ1n) is 13.5. The number of hydrogen-bond donors (Lipinski definition) is 1. The van der Waals surface area contributed by atoms with E-state index in [9.17, 15) is 9.18 Å². The van der Waals surface area contributed by atoms with Crippen molar-refractivity contribution in [1.29, 1.82) is 0 Å². The number of nitrogens with one attached hydrogen (secondary N) is 1. The molecule has 9 nitrogen and oxygen atoms in total. The molecule has 41 heavy (non-hydrogen) atoms. The van der Waals surface area contributed by atoms with Crippen LogP contribution in [0.5, 0.6) is 5.75 Å². The maximum Gasteiger partial charge on any atom is 0.195 e. The van der Waals surface area contributed by atoms with E-state index in [4.69, 9.17) is 30.5 Å². The van der Waals surface area contributed by atoms with Gasteiger partial charge in [0.05, 0.1) is 49.2 Å². The Hall–Kier alpha value is -3.22. The molecule has 0 spiro atoms. The Morgan fingerprint density at radius 2 is 1.95 bits per heavy atom. The van der Waals surface area contributed by atoms with E-state index in [-0.39, 0.29) is 36.3 Å². The van der Waals surface area contributed by atoms with Crippen LogP contribution in [-0.4, -0.2) is 85.0 Å². The van der Waals surface area contributed by atoms with Crippen LogP contribution in [0.2, 0.25) is 5.02 Å². The number of anilines is 2. The number of likely N-dealkylation sites (tertiary alicyclic amines) is 1. The van der Waals surface area contributed by atoms with Gasteiger partial charge in [-0.25, -0.2) is 18.7 Å². The average Bonchev–Trinajstić information content (AvgIpc) is 3.64. The second-order valence-electron chi connectivity index (χ2n) is 10.2. The number of carbonyl (C=O) groups is 1. The predicted octanol–water partition coefficient (Wildman–Crippen LogP) is 4.40. The Labute approximate surface area is 240 Å². The minimum Gasteiger partial charge on any atom is -0.488 e. The van der Waals surface area contributed by atoms with Gasteiger partial charge in [0.15, 0.2) is 11.6 Å². The van der Waals surface area contributed by atoms with E-state index in [1.165, 1.54) is 30.6 Å². The molecule has 0 aliphatic carbocycles. The van der Waals surface area contributed by atoms with Crippen molar-refractivity contribution >= 4 is 39.8 Å². The highest BCUT2D eigenvalue weighted by Gasteiger charge is 2.36. The average molecular weight is 587 g/mol. The topological polar surface area (TPSA) is 95.0 Å². The largest absolute Gasteiger partial charge is 0.488 e. The second-order valence-corrected chi connectivity index (χ2v) is 10.7. The molecule has 12 heteroatoms. The van der Waals surface area contributed by atoms with Gasteiger partial charge in [-0.2, -0.15) is 0 Å². The molecular formula is C29H29ClF2N4O5. The first-order valence-corrected chi connectivity index (χ1v) is 13.9. The van der Waals surface area contributed by atoms with Crippen molar-refractivity contribution < 1.29 is 32.5 Å². The summed E-state index contributed by atoms with van der Waals surface area (Å²) in [5.41, 5.74) is 1.56. The summed E-state index contributed by atoms with van der Waals surface area (Å²) in [5.74, 6) is -1.18. The summed E-state index contributed by atoms with van der Waals surface area (Å²) in [5, 5.41) is 3.66. The number of benzene rings is 2. The second kappa shape index (κ2) is 12.3. The third-order valence-corrected chi connectivity index (χ3v) is 7.66. The molecular weight excluding hydrogens is 558 g/mol. The summed E-state index contributed by atoms with van der Waals surface area (Å²) in [7, 11) is 0. The molecule has 3 aromatic rings. The van der Waals surface area contributed by atoms with Gasteiger partial charge in [0, 0.05) is 55.2 Å². The number of hydrogen-bond acceptors (Lipinski definition) is 9. The lowest BCUT2D eigenvalue weighted by molar-refractivity contribution is -0.116. The van der Waals surface area contributed by atoms with E-state index in [2.05, 4.69) is 15.3 Å². The Bertz CT molecular complexity index is 1450. The van der Waals surface area contributed by atoms with Crippen molar-refractivity contribution in [2.45, 2.75) is 31.2 Å². The highest BCUT2D eigenvalue weighted by atomic mass is 35.5. The Kier molecular flexibility index (Phi) is 8.40. The molecule has 3 saturated heterocycles. The molecule has 0 saturated carbocycles. The number of carbonyl (C=O) groups excluding carboxylic acids is 1. The SMILES string of the molecule is O=C(Cc1cc2c(Nc3ccc(F)c(Cl)c3)ncnc2cc1O[C@H]1CCOC1)/C(F)=C\CN1C[C@@H]2OCCO[C@@H]2C1. The molecule has 1 N–H and O–H groups in total. The smallest absolute Gasteiger partial charge is 0.195 e. The molecule has 3 aliphatic rings. The van der Waals surface area contributed by atoms with Gasteiger partial charge in [-0.05, 0) is 30.3 Å². The van der Waals surface area contributed by atoms with Crippen LogP contribution in [-0.2, 0) is 25.4 Å². The van der Waals surface area contributed by atoms with E-state index in [0.29, 0.717) is 79.7 Å². The molecule has 2 aromatic carbocycles. The molecule has 3 atom stereocenters. The lowest BCUT2D eigenvalue weighted by Gasteiger charge is -2.24. The van der Waals surface area contributed by atoms with Gasteiger partial charge < -0.3 is 24.3 Å². The van der Waals surface area contributed by atoms with Gasteiger partial charge in [-0.1, -0.05) is 11.6 Å². The summed E-state index contributed by atoms with van der Waals surface area (Å²) < 4.78 is 51.8. The van der Waals surface area contributed by atoms with Crippen molar-refractivity contribution in [3.8, 4) is 5.75 Å². The molecule has 0 bridgehead atoms. The molecule has 6 rings (SSSR count). The van der Waals surface area contributed by atoms with Crippen LogP contribution in [0.3, 0.4) is 0 Å². The molecule has 0 radical (unpaired) electrons. The maximum absolute atomic E-state index is 15.1. The van der Waals surface area contributed by atoms with Gasteiger partial charge in [0.1, 0.15) is 29.8 Å². The summed E-state index contributed by atoms with van der Waals surface area (Å²) in [4.78, 5) is 23.8. The zero-order valence-electron chi connectivity index (χ0n) is 22.2. The molecule has 3 fully saturated rings. The molecule has 216 valence electrons. The van der Waals surface area contributed by atoms with E-state index in [1.807, 2.05) is 4.90 Å². The summed E-state index contributed by atoms with van der Waals surface area (Å²) >= 11 is 5.94. The van der Waals surface area contributed by atoms with Crippen LogP contribution < -0.4 is 10.1 Å². The predicted molar refractivity (Wildman–Crippen MR) is 148 cm³/mol. The highest BCUT2D eigenvalue weighted by Crippen LogP contribution is 2.33. The number of nitrogens with zero attached hydrogens (tertiary/aromatic N) is 3. The van der Waals surface area contributed by atoms with Gasteiger partial charge in [-0.3, -0.25) is 9.69 Å². The lowest BCUT2D eigenvalue weighted by atomic mass is 10.0. The van der Waals surface area contributed by atoms with Crippen LogP contribution in [0.15, 0.2) is 48.6 Å². The lowest BCUT2D eigenvalue weighted by Crippen LogP contribution is -2.36. The Morgan fingerprint density at radius 3 is 2.68 bits per heavy atom. The molecule has 1 aromatic heterocycles. The Balaban J connectivity index is 1.24. The van der Waals surface area contributed by atoms with Gasteiger partial charge in [-0.15, -0.1) is 0 Å². The van der Waals surface area contributed by atoms with E-state index in [0.717, 1.165) is 0 Å². The molecule has 3 aliphatic heterocycles. The maximum atomic E-state index is 15.1. The Morgan fingerprint density at radius 1 is 1.15 bits per heavy atom. The fourth-order valence-electron chi connectivity index (χ4n) is 5.24. The van der Waals surface area contributed by atoms with Crippen molar-refractivity contribution in [3.05, 3.63) is 65.0 Å². The number of halogens is 3. The fourth-order valence-corrected chi connectivity index (χ4v) is 5.42. The molecule has 0 unspecified atom stereocenters. The number of aromatic nitrogens is 2. The van der Waals surface area contributed by atoms with Crippen LogP contribution in [0.4, 0.5) is 20.3 Å². The summed E-state index contributed by atoms with van der Waals surface area (Å²) in [6.45, 7) is 3.65. The number of rotatable bonds is 9. The number of fused-ring (bicyclic) bond motifs is 2. The van der Waals surface area contributed by atoms with Crippen LogP contribution in [0.1, 0.15) is 12.0 Å². The first kappa shape index (κ1) is 27.9. The van der Waals surface area contributed by atoms with Crippen molar-refractivity contribution in [2.75, 3.05) is 51.4 Å². The van der Waals surface area contributed by atoms with Crippen LogP contribution >= 0.6 is 11.6 Å². The van der Waals surface area contributed by atoms with Crippen LogP contribution in [0, 0.1) is 5.82 Å². The van der Waals surface area contributed by atoms with E-state index < -0.39 is 17.4 Å². The third-order valence-electron chi connectivity index (χ3n) is 7.37. The van der Waals surface area contributed by atoms with E-state index >= 15 is 4.39 Å². The number of allylic oxidation sites excluding steroid dienone is 1. The number of ketones is 1. The fraction of sp³-hybridized carbons (Fsp3) is 0.414. The minimum absolute atomic E-state index is 0.0243. The van der Waals surface area contributed by atoms with Gasteiger partial charge in [0.25, 0.3) is 0 Å². The normalized spacial score (nSPS) is 23.1. The van der Waals surface area contributed by atoms with E-state index in [1.54, 1.807) is 12.1 Å². The van der Waals surface area contributed by atoms with Gasteiger partial charge >= 0.3 is 0 Å². The quantitative estimate of drug-likeness (QED) is 0.366. The number of ether oxygens (including phenoxy) is 4. The minimum atomic E-state index is -0.819. The van der Waals surface area contributed by atoms with Gasteiger partial charge in [0.2, 0.25) is 0 Å². The zero-order valence-corrected chi connectivity index (χ0v) is 22.9. The number of Topliss-reactive ketones (excluding diaryl/α,β-unsaturated/α-hetero) is 1. The monoisotopic (exact) mass is 586 g/mol. The third kappa shape index (κ3) is 6.49. The summed E-state index contributed by atoms with van der Waals surface area (Å²) in [6.07, 6.45) is 2.93. The first-order chi connectivity index (χ1) is 19.9.